The van der Waals surface area contributed by atoms with Crippen molar-refractivity contribution in [3.05, 3.63) is 71.5 Å². The van der Waals surface area contributed by atoms with Crippen molar-refractivity contribution in [3.63, 3.8) is 0 Å². The van der Waals surface area contributed by atoms with E-state index in [0.717, 1.165) is 17.9 Å². The highest BCUT2D eigenvalue weighted by Crippen LogP contribution is 2.33. The minimum Gasteiger partial charge on any atom is -0.459 e. The number of nitrogens with one attached hydrogen (secondary N) is 1. The lowest BCUT2D eigenvalue weighted by Crippen LogP contribution is -2.12. The molecule has 0 amide bonds. The van der Waals surface area contributed by atoms with E-state index in [1.165, 1.54) is 16.5 Å². The second-order valence-corrected chi connectivity index (χ2v) is 4.70. The molecule has 4 rings (SSSR count). The summed E-state index contributed by atoms with van der Waals surface area (Å²) in [6.45, 7) is 0.915. The lowest BCUT2D eigenvalue weighted by molar-refractivity contribution is 0.490. The predicted molar refractivity (Wildman–Crippen MR) is 71.3 cm³/mol. The van der Waals surface area contributed by atoms with Crippen LogP contribution in [0.1, 0.15) is 22.9 Å². The molecule has 0 spiro atoms. The summed E-state index contributed by atoms with van der Waals surface area (Å²) in [5.74, 6) is 1.00. The zero-order valence-corrected chi connectivity index (χ0v) is 9.89. The van der Waals surface area contributed by atoms with Crippen LogP contribution < -0.4 is 5.32 Å². The number of benzene rings is 2. The summed E-state index contributed by atoms with van der Waals surface area (Å²) in [7, 11) is 0. The number of fused-ring (bicyclic) bond motifs is 2. The Morgan fingerprint density at radius 3 is 2.78 bits per heavy atom. The SMILES string of the molecule is c1ccc2c(c1)CNC2c1cc2ccccc2o1. The third kappa shape index (κ3) is 1.39. The van der Waals surface area contributed by atoms with Crippen LogP contribution >= 0.6 is 0 Å². The number of hydrogen-bond donors (Lipinski definition) is 1. The lowest BCUT2D eigenvalue weighted by atomic mass is 10.0. The monoisotopic (exact) mass is 235 g/mol. The molecule has 2 nitrogen and oxygen atoms in total. The normalized spacial score (nSPS) is 18.1. The summed E-state index contributed by atoms with van der Waals surface area (Å²) in [6.07, 6.45) is 0. The van der Waals surface area contributed by atoms with E-state index in [1.54, 1.807) is 0 Å². The van der Waals surface area contributed by atoms with Crippen LogP contribution in [0.25, 0.3) is 11.0 Å². The zero-order chi connectivity index (χ0) is 11.9. The molecule has 2 aromatic carbocycles. The maximum atomic E-state index is 5.95. The molecule has 0 bridgehead atoms. The first-order valence-electron chi connectivity index (χ1n) is 6.21. The van der Waals surface area contributed by atoms with E-state index in [2.05, 4.69) is 41.7 Å². The number of rotatable bonds is 1. The van der Waals surface area contributed by atoms with Crippen LogP contribution in [-0.4, -0.2) is 0 Å². The minimum absolute atomic E-state index is 0.189. The molecule has 0 fully saturated rings. The molecule has 88 valence electrons. The molecule has 2 heteroatoms. The molecule has 0 saturated heterocycles. The first-order valence-corrected chi connectivity index (χ1v) is 6.21. The van der Waals surface area contributed by atoms with Crippen molar-refractivity contribution in [1.82, 2.24) is 5.32 Å². The Bertz CT molecular complexity index is 681. The van der Waals surface area contributed by atoms with Crippen molar-refractivity contribution in [3.8, 4) is 0 Å². The molecular weight excluding hydrogens is 222 g/mol. The van der Waals surface area contributed by atoms with Gasteiger partial charge in [-0.3, -0.25) is 5.32 Å². The molecule has 1 aliphatic rings. The smallest absolute Gasteiger partial charge is 0.134 e. The summed E-state index contributed by atoms with van der Waals surface area (Å²) < 4.78 is 5.95. The van der Waals surface area contributed by atoms with Gasteiger partial charge in [0.15, 0.2) is 0 Å². The molecule has 1 N–H and O–H groups in total. The molecule has 1 atom stereocenters. The Morgan fingerprint density at radius 2 is 1.83 bits per heavy atom. The van der Waals surface area contributed by atoms with Crippen molar-refractivity contribution in [2.45, 2.75) is 12.6 Å². The molecule has 1 aromatic heterocycles. The Kier molecular flexibility index (Phi) is 2.05. The summed E-state index contributed by atoms with van der Waals surface area (Å²) >= 11 is 0. The van der Waals surface area contributed by atoms with Gasteiger partial charge in [-0.15, -0.1) is 0 Å². The van der Waals surface area contributed by atoms with Crippen molar-refractivity contribution in [2.24, 2.45) is 0 Å². The minimum atomic E-state index is 0.189. The molecule has 0 saturated carbocycles. The van der Waals surface area contributed by atoms with Gasteiger partial charge in [0.1, 0.15) is 11.3 Å². The van der Waals surface area contributed by atoms with E-state index in [9.17, 15) is 0 Å². The summed E-state index contributed by atoms with van der Waals surface area (Å²) in [5.41, 5.74) is 3.65. The lowest BCUT2D eigenvalue weighted by Gasteiger charge is -2.08. The highest BCUT2D eigenvalue weighted by molar-refractivity contribution is 5.78. The summed E-state index contributed by atoms with van der Waals surface area (Å²) in [4.78, 5) is 0. The average molecular weight is 235 g/mol. The van der Waals surface area contributed by atoms with Crippen LogP contribution in [0.4, 0.5) is 0 Å². The van der Waals surface area contributed by atoms with Crippen LogP contribution in [0.3, 0.4) is 0 Å². The highest BCUT2D eigenvalue weighted by atomic mass is 16.3. The van der Waals surface area contributed by atoms with Crippen molar-refractivity contribution in [1.29, 1.82) is 0 Å². The predicted octanol–water partition coefficient (Wildman–Crippen LogP) is 3.63. The maximum Gasteiger partial charge on any atom is 0.134 e. The fourth-order valence-electron chi connectivity index (χ4n) is 2.70. The van der Waals surface area contributed by atoms with Gasteiger partial charge in [0.2, 0.25) is 0 Å². The van der Waals surface area contributed by atoms with Gasteiger partial charge in [-0.25, -0.2) is 0 Å². The largest absolute Gasteiger partial charge is 0.459 e. The topological polar surface area (TPSA) is 25.2 Å². The van der Waals surface area contributed by atoms with Gasteiger partial charge in [-0.05, 0) is 23.3 Å². The van der Waals surface area contributed by atoms with E-state index in [4.69, 9.17) is 4.42 Å². The fraction of sp³-hybridized carbons (Fsp3) is 0.125. The Hall–Kier alpha value is -2.06. The second kappa shape index (κ2) is 3.72. The molecule has 0 aliphatic carbocycles. The first-order chi connectivity index (χ1) is 8.92. The van der Waals surface area contributed by atoms with E-state index in [1.807, 2.05) is 18.2 Å². The van der Waals surface area contributed by atoms with Crippen molar-refractivity contribution >= 4 is 11.0 Å². The van der Waals surface area contributed by atoms with E-state index >= 15 is 0 Å². The summed E-state index contributed by atoms with van der Waals surface area (Å²) in [6, 6.07) is 19.0. The van der Waals surface area contributed by atoms with Crippen LogP contribution in [-0.2, 0) is 6.54 Å². The number of hydrogen-bond acceptors (Lipinski definition) is 2. The maximum absolute atomic E-state index is 5.95. The quantitative estimate of drug-likeness (QED) is 0.696. The Morgan fingerprint density at radius 1 is 1.00 bits per heavy atom. The zero-order valence-electron chi connectivity index (χ0n) is 9.89. The van der Waals surface area contributed by atoms with Gasteiger partial charge in [0.25, 0.3) is 0 Å². The molecule has 0 radical (unpaired) electrons. The van der Waals surface area contributed by atoms with Gasteiger partial charge in [0.05, 0.1) is 6.04 Å². The van der Waals surface area contributed by atoms with Gasteiger partial charge in [-0.1, -0.05) is 42.5 Å². The van der Waals surface area contributed by atoms with Crippen LogP contribution in [0.2, 0.25) is 0 Å². The highest BCUT2D eigenvalue weighted by Gasteiger charge is 2.25. The summed E-state index contributed by atoms with van der Waals surface area (Å²) in [5, 5.41) is 4.67. The molecule has 1 unspecified atom stereocenters. The van der Waals surface area contributed by atoms with Crippen LogP contribution in [0, 0.1) is 0 Å². The third-order valence-electron chi connectivity index (χ3n) is 3.59. The molecular formula is C16H13NO. The molecule has 1 aliphatic heterocycles. The van der Waals surface area contributed by atoms with Gasteiger partial charge < -0.3 is 4.42 Å². The molecule has 18 heavy (non-hydrogen) atoms. The number of furan rings is 1. The van der Waals surface area contributed by atoms with Gasteiger partial charge in [-0.2, -0.15) is 0 Å². The van der Waals surface area contributed by atoms with Crippen LogP contribution in [0.15, 0.2) is 59.0 Å². The Balaban J connectivity index is 1.85. The van der Waals surface area contributed by atoms with E-state index in [0.29, 0.717) is 0 Å². The third-order valence-corrected chi connectivity index (χ3v) is 3.59. The van der Waals surface area contributed by atoms with Gasteiger partial charge >= 0.3 is 0 Å². The molecule has 2 heterocycles. The average Bonchev–Trinajstić information content (AvgIpc) is 3.02. The number of para-hydroxylation sites is 1. The van der Waals surface area contributed by atoms with Crippen molar-refractivity contribution in [2.75, 3.05) is 0 Å². The van der Waals surface area contributed by atoms with Crippen LogP contribution in [0.5, 0.6) is 0 Å². The van der Waals surface area contributed by atoms with Gasteiger partial charge in [0, 0.05) is 11.9 Å². The Labute approximate surface area is 105 Å². The fourth-order valence-corrected chi connectivity index (χ4v) is 2.70. The first kappa shape index (κ1) is 9.92. The van der Waals surface area contributed by atoms with E-state index in [-0.39, 0.29) is 6.04 Å². The van der Waals surface area contributed by atoms with E-state index < -0.39 is 0 Å². The van der Waals surface area contributed by atoms with Crippen molar-refractivity contribution < 1.29 is 4.42 Å². The second-order valence-electron chi connectivity index (χ2n) is 4.70. The molecule has 3 aromatic rings. The standard InChI is InChI=1S/C16H13NO/c1-3-7-13-12(6-1)10-17-16(13)15-9-11-5-2-4-8-14(11)18-15/h1-9,16-17H,10H2.